The molecule has 18 heavy (non-hydrogen) atoms. The molecule has 0 aromatic heterocycles. The average Bonchev–Trinajstić information content (AvgIpc) is 2.22. The van der Waals surface area contributed by atoms with Crippen molar-refractivity contribution < 1.29 is 4.79 Å². The van der Waals surface area contributed by atoms with Crippen LogP contribution < -0.4 is 11.1 Å². The molecular formula is C13H25N3OS. The Balaban J connectivity index is 2.29. The second kappa shape index (κ2) is 6.48. The summed E-state index contributed by atoms with van der Waals surface area (Å²) < 4.78 is 0. The highest BCUT2D eigenvalue weighted by Crippen LogP contribution is 2.45. The predicted molar refractivity (Wildman–Crippen MR) is 78.4 cm³/mol. The molecule has 1 aliphatic rings. The van der Waals surface area contributed by atoms with Gasteiger partial charge >= 0.3 is 0 Å². The third-order valence-corrected chi connectivity index (χ3v) is 4.01. The number of hydrogen-bond donors (Lipinski definition) is 2. The number of thiocarbonyl (C=S) groups is 1. The van der Waals surface area contributed by atoms with Gasteiger partial charge in [0.2, 0.25) is 5.91 Å². The van der Waals surface area contributed by atoms with Crippen molar-refractivity contribution in [2.24, 2.45) is 17.1 Å². The van der Waals surface area contributed by atoms with Gasteiger partial charge in [-0.15, -0.1) is 0 Å². The van der Waals surface area contributed by atoms with Crippen LogP contribution in [0.2, 0.25) is 0 Å². The molecule has 5 heteroatoms. The van der Waals surface area contributed by atoms with Crippen LogP contribution in [0.4, 0.5) is 0 Å². The summed E-state index contributed by atoms with van der Waals surface area (Å²) in [5.41, 5.74) is 5.17. The number of hydrogen-bond acceptors (Lipinski definition) is 3. The van der Waals surface area contributed by atoms with Gasteiger partial charge in [-0.05, 0) is 52.2 Å². The van der Waals surface area contributed by atoms with Gasteiger partial charge in [-0.2, -0.15) is 0 Å². The Morgan fingerprint density at radius 3 is 2.50 bits per heavy atom. The number of nitrogens with two attached hydrogens (primary N) is 1. The minimum Gasteiger partial charge on any atom is -0.392 e. The van der Waals surface area contributed by atoms with Gasteiger partial charge in [0.15, 0.2) is 0 Å². The van der Waals surface area contributed by atoms with Gasteiger partial charge < -0.3 is 16.0 Å². The van der Waals surface area contributed by atoms with E-state index in [0.29, 0.717) is 17.5 Å². The first-order chi connectivity index (χ1) is 8.38. The first-order valence-electron chi connectivity index (χ1n) is 6.61. The van der Waals surface area contributed by atoms with Gasteiger partial charge in [0.05, 0.1) is 10.4 Å². The zero-order valence-electron chi connectivity index (χ0n) is 11.7. The van der Waals surface area contributed by atoms with Gasteiger partial charge in [0, 0.05) is 6.54 Å². The molecule has 1 saturated carbocycles. The lowest BCUT2D eigenvalue weighted by Gasteiger charge is -2.44. The number of unbranched alkanes of at least 4 members (excludes halogenated alkanes) is 1. The van der Waals surface area contributed by atoms with E-state index in [9.17, 15) is 4.79 Å². The van der Waals surface area contributed by atoms with Crippen molar-refractivity contribution in [3.63, 3.8) is 0 Å². The van der Waals surface area contributed by atoms with Crippen LogP contribution in [-0.4, -0.2) is 43.0 Å². The van der Waals surface area contributed by atoms with Crippen molar-refractivity contribution >= 4 is 23.1 Å². The van der Waals surface area contributed by atoms with Crippen LogP contribution in [0.3, 0.4) is 0 Å². The Morgan fingerprint density at radius 1 is 1.44 bits per heavy atom. The summed E-state index contributed by atoms with van der Waals surface area (Å²) >= 11 is 5.06. The Hall–Kier alpha value is -0.680. The molecule has 0 radical (unpaired) electrons. The molecule has 3 N–H and O–H groups in total. The van der Waals surface area contributed by atoms with Gasteiger partial charge in [-0.1, -0.05) is 19.1 Å². The standard InChI is InChI=1S/C13H25N3OS/c1-10-8-13(9-10,11(14)18)12(17)15-6-4-5-7-16(2)3/h10H,4-9H2,1-3H3,(H2,14,18)(H,15,17). The molecule has 0 spiro atoms. The van der Waals surface area contributed by atoms with Gasteiger partial charge in [0.1, 0.15) is 0 Å². The number of carbonyl (C=O) groups is 1. The van der Waals surface area contributed by atoms with E-state index in [1.807, 2.05) is 0 Å². The molecule has 0 heterocycles. The average molecular weight is 271 g/mol. The van der Waals surface area contributed by atoms with Crippen molar-refractivity contribution in [2.75, 3.05) is 27.2 Å². The first kappa shape index (κ1) is 15.4. The Kier molecular flexibility index (Phi) is 5.53. The quantitative estimate of drug-likeness (QED) is 0.539. The molecule has 1 amide bonds. The van der Waals surface area contributed by atoms with Crippen LogP contribution >= 0.6 is 12.2 Å². The van der Waals surface area contributed by atoms with Crippen LogP contribution in [0.1, 0.15) is 32.6 Å². The zero-order valence-corrected chi connectivity index (χ0v) is 12.5. The fourth-order valence-electron chi connectivity index (χ4n) is 2.55. The molecule has 0 bridgehead atoms. The lowest BCUT2D eigenvalue weighted by molar-refractivity contribution is -0.132. The molecule has 0 aliphatic heterocycles. The Morgan fingerprint density at radius 2 is 2.06 bits per heavy atom. The Labute approximate surface area is 115 Å². The summed E-state index contributed by atoms with van der Waals surface area (Å²) in [6, 6.07) is 0. The monoisotopic (exact) mass is 271 g/mol. The minimum absolute atomic E-state index is 0.0259. The highest BCUT2D eigenvalue weighted by Gasteiger charge is 2.50. The van der Waals surface area contributed by atoms with Crippen molar-refractivity contribution in [2.45, 2.75) is 32.6 Å². The van der Waals surface area contributed by atoms with Crippen LogP contribution in [0.25, 0.3) is 0 Å². The third kappa shape index (κ3) is 3.65. The molecule has 0 unspecified atom stereocenters. The summed E-state index contributed by atoms with van der Waals surface area (Å²) in [6.07, 6.45) is 3.67. The third-order valence-electron chi connectivity index (χ3n) is 3.62. The van der Waals surface area contributed by atoms with Crippen LogP contribution in [0.15, 0.2) is 0 Å². The number of rotatable bonds is 7. The lowest BCUT2D eigenvalue weighted by atomic mass is 9.62. The van der Waals surface area contributed by atoms with E-state index in [0.717, 1.165) is 32.2 Å². The molecule has 4 nitrogen and oxygen atoms in total. The van der Waals surface area contributed by atoms with Crippen LogP contribution in [0, 0.1) is 11.3 Å². The highest BCUT2D eigenvalue weighted by atomic mass is 32.1. The topological polar surface area (TPSA) is 58.4 Å². The maximum Gasteiger partial charge on any atom is 0.233 e. The van der Waals surface area contributed by atoms with E-state index in [1.165, 1.54) is 0 Å². The molecule has 1 fully saturated rings. The molecule has 104 valence electrons. The van der Waals surface area contributed by atoms with Crippen LogP contribution in [-0.2, 0) is 4.79 Å². The van der Waals surface area contributed by atoms with E-state index in [2.05, 4.69) is 31.2 Å². The number of nitrogens with zero attached hydrogens (tertiary/aromatic N) is 1. The largest absolute Gasteiger partial charge is 0.392 e. The van der Waals surface area contributed by atoms with Crippen molar-refractivity contribution in [3.05, 3.63) is 0 Å². The first-order valence-corrected chi connectivity index (χ1v) is 7.02. The van der Waals surface area contributed by atoms with E-state index < -0.39 is 5.41 Å². The number of nitrogens with one attached hydrogen (secondary N) is 1. The zero-order chi connectivity index (χ0) is 13.8. The fraction of sp³-hybridized carbons (Fsp3) is 0.846. The van der Waals surface area contributed by atoms with Crippen molar-refractivity contribution in [1.29, 1.82) is 0 Å². The van der Waals surface area contributed by atoms with Crippen molar-refractivity contribution in [3.8, 4) is 0 Å². The molecule has 0 saturated heterocycles. The summed E-state index contributed by atoms with van der Waals surface area (Å²) in [5, 5.41) is 2.98. The summed E-state index contributed by atoms with van der Waals surface area (Å²) in [7, 11) is 4.10. The Bertz CT molecular complexity index is 311. The maximum atomic E-state index is 12.1. The second-order valence-electron chi connectivity index (χ2n) is 5.73. The van der Waals surface area contributed by atoms with E-state index in [1.54, 1.807) is 0 Å². The fourth-order valence-corrected chi connectivity index (χ4v) is 2.81. The summed E-state index contributed by atoms with van der Waals surface area (Å²) in [4.78, 5) is 14.6. The van der Waals surface area contributed by atoms with Gasteiger partial charge in [-0.25, -0.2) is 0 Å². The number of carbonyl (C=O) groups excluding carboxylic acids is 1. The SMILES string of the molecule is CC1CC(C(=O)NCCCCN(C)C)(C(N)=S)C1. The lowest BCUT2D eigenvalue weighted by Crippen LogP contribution is -2.56. The predicted octanol–water partition coefficient (Wildman–Crippen LogP) is 1.15. The highest BCUT2D eigenvalue weighted by molar-refractivity contribution is 7.80. The minimum atomic E-state index is -0.559. The van der Waals surface area contributed by atoms with E-state index in [-0.39, 0.29) is 5.91 Å². The number of amides is 1. The van der Waals surface area contributed by atoms with Crippen molar-refractivity contribution in [1.82, 2.24) is 10.2 Å². The molecular weight excluding hydrogens is 246 g/mol. The van der Waals surface area contributed by atoms with E-state index in [4.69, 9.17) is 18.0 Å². The summed E-state index contributed by atoms with van der Waals surface area (Å²) in [5.74, 6) is 0.573. The van der Waals surface area contributed by atoms with Gasteiger partial charge in [0.25, 0.3) is 0 Å². The molecule has 1 rings (SSSR count). The normalized spacial score (nSPS) is 26.8. The smallest absolute Gasteiger partial charge is 0.233 e. The van der Waals surface area contributed by atoms with Crippen LogP contribution in [0.5, 0.6) is 0 Å². The summed E-state index contributed by atoms with van der Waals surface area (Å²) in [6.45, 7) is 3.89. The van der Waals surface area contributed by atoms with E-state index >= 15 is 0 Å². The molecule has 1 aliphatic carbocycles. The maximum absolute atomic E-state index is 12.1. The second-order valence-corrected chi connectivity index (χ2v) is 6.17. The molecule has 0 atom stereocenters. The van der Waals surface area contributed by atoms with Gasteiger partial charge in [-0.3, -0.25) is 4.79 Å². The molecule has 0 aromatic carbocycles. The molecule has 0 aromatic rings.